The van der Waals surface area contributed by atoms with Gasteiger partial charge in [0.1, 0.15) is 29.7 Å². The lowest BCUT2D eigenvalue weighted by molar-refractivity contribution is 0.263. The Hall–Kier alpha value is -1.04. The predicted molar refractivity (Wildman–Crippen MR) is 74.8 cm³/mol. The van der Waals surface area contributed by atoms with Gasteiger partial charge in [-0.3, -0.25) is 0 Å². The van der Waals surface area contributed by atoms with Crippen molar-refractivity contribution in [1.29, 1.82) is 0 Å². The van der Waals surface area contributed by atoms with Gasteiger partial charge in [0.2, 0.25) is 0 Å². The number of hydrogen-bond donors (Lipinski definition) is 1. The van der Waals surface area contributed by atoms with Gasteiger partial charge in [0.25, 0.3) is 0 Å². The van der Waals surface area contributed by atoms with Gasteiger partial charge in [0, 0.05) is 6.07 Å². The summed E-state index contributed by atoms with van der Waals surface area (Å²) < 4.78 is 24.9. The largest absolute Gasteiger partial charge is 0.484 e. The number of benzene rings is 1. The lowest BCUT2D eigenvalue weighted by Crippen LogP contribution is -1.97. The van der Waals surface area contributed by atoms with Crippen molar-refractivity contribution in [3.63, 3.8) is 0 Å². The minimum absolute atomic E-state index is 0.0403. The molecule has 0 bridgehead atoms. The van der Waals surface area contributed by atoms with Gasteiger partial charge in [-0.25, -0.2) is 4.39 Å². The number of nitrogens with two attached hydrogens (primary N) is 1. The van der Waals surface area contributed by atoms with E-state index in [-0.39, 0.29) is 11.6 Å². The van der Waals surface area contributed by atoms with E-state index in [1.54, 1.807) is 0 Å². The highest BCUT2D eigenvalue weighted by Crippen LogP contribution is 2.31. The van der Waals surface area contributed by atoms with E-state index in [0.717, 1.165) is 11.3 Å². The van der Waals surface area contributed by atoms with Crippen molar-refractivity contribution in [1.82, 2.24) is 0 Å². The van der Waals surface area contributed by atoms with E-state index in [1.165, 1.54) is 12.1 Å². The molecule has 0 saturated carbocycles. The summed E-state index contributed by atoms with van der Waals surface area (Å²) in [5.74, 6) is 1.20. The molecule has 19 heavy (non-hydrogen) atoms. The Balaban J connectivity index is 2.12. The summed E-state index contributed by atoms with van der Waals surface area (Å²) in [6.07, 6.45) is 0. The first-order chi connectivity index (χ1) is 9.01. The Morgan fingerprint density at radius 3 is 2.79 bits per heavy atom. The fraction of sp³-hybridized carbons (Fsp3) is 0.231. The molecule has 0 atom stereocenters. The summed E-state index contributed by atoms with van der Waals surface area (Å²) in [7, 11) is 0. The fourth-order valence-electron chi connectivity index (χ4n) is 1.63. The Bertz CT molecular complexity index is 601. The standard InChI is InChI=1S/C13H12BrClFNO2/c1-7-2-8(19-13(7)5-17)6-18-12-4-11(16)10(15)3-9(12)14/h2-4H,5-6,17H2,1H3. The van der Waals surface area contributed by atoms with Gasteiger partial charge in [0.05, 0.1) is 16.0 Å². The highest BCUT2D eigenvalue weighted by Gasteiger charge is 2.10. The SMILES string of the molecule is Cc1cc(COc2cc(F)c(Cl)cc2Br)oc1CN. The zero-order valence-electron chi connectivity index (χ0n) is 10.2. The number of ether oxygens (including phenoxy) is 1. The average molecular weight is 349 g/mol. The predicted octanol–water partition coefficient (Wildman–Crippen LogP) is 4.18. The normalized spacial score (nSPS) is 10.8. The van der Waals surface area contributed by atoms with Crippen LogP contribution in [0.15, 0.2) is 27.1 Å². The molecule has 0 aliphatic heterocycles. The van der Waals surface area contributed by atoms with Crippen molar-refractivity contribution in [2.75, 3.05) is 0 Å². The Kier molecular flexibility index (Phi) is 4.50. The minimum atomic E-state index is -0.530. The number of furan rings is 1. The summed E-state index contributed by atoms with van der Waals surface area (Å²) in [5, 5.41) is 0.0403. The van der Waals surface area contributed by atoms with Crippen LogP contribution < -0.4 is 10.5 Å². The van der Waals surface area contributed by atoms with E-state index < -0.39 is 5.82 Å². The summed E-state index contributed by atoms with van der Waals surface area (Å²) in [6.45, 7) is 2.44. The van der Waals surface area contributed by atoms with E-state index in [4.69, 9.17) is 26.5 Å². The maximum absolute atomic E-state index is 13.3. The molecular formula is C13H12BrClFNO2. The Morgan fingerprint density at radius 2 is 2.16 bits per heavy atom. The molecule has 0 unspecified atom stereocenters. The maximum atomic E-state index is 13.3. The molecule has 0 fully saturated rings. The third kappa shape index (κ3) is 3.29. The summed E-state index contributed by atoms with van der Waals surface area (Å²) in [5.41, 5.74) is 6.50. The van der Waals surface area contributed by atoms with Crippen molar-refractivity contribution in [3.8, 4) is 5.75 Å². The molecule has 0 spiro atoms. The van der Waals surface area contributed by atoms with Crippen LogP contribution in [-0.2, 0) is 13.2 Å². The van der Waals surface area contributed by atoms with E-state index in [2.05, 4.69) is 15.9 Å². The molecule has 2 rings (SSSR count). The van der Waals surface area contributed by atoms with Gasteiger partial charge in [-0.05, 0) is 40.5 Å². The molecule has 1 heterocycles. The maximum Gasteiger partial charge on any atom is 0.146 e. The van der Waals surface area contributed by atoms with E-state index in [9.17, 15) is 4.39 Å². The van der Waals surface area contributed by atoms with Gasteiger partial charge >= 0.3 is 0 Å². The molecule has 102 valence electrons. The first-order valence-electron chi connectivity index (χ1n) is 5.57. The Labute approximate surface area is 123 Å². The van der Waals surface area contributed by atoms with Crippen LogP contribution in [-0.4, -0.2) is 0 Å². The summed E-state index contributed by atoms with van der Waals surface area (Å²) in [6, 6.07) is 4.53. The monoisotopic (exact) mass is 347 g/mol. The molecule has 0 amide bonds. The molecule has 2 aromatic rings. The van der Waals surface area contributed by atoms with Crippen LogP contribution in [0, 0.1) is 12.7 Å². The fourth-order valence-corrected chi connectivity index (χ4v) is 2.38. The topological polar surface area (TPSA) is 48.4 Å². The third-order valence-corrected chi connectivity index (χ3v) is 3.51. The van der Waals surface area contributed by atoms with Crippen LogP contribution >= 0.6 is 27.5 Å². The lowest BCUT2D eigenvalue weighted by atomic mass is 10.2. The molecule has 6 heteroatoms. The number of rotatable bonds is 4. The van der Waals surface area contributed by atoms with E-state index in [1.807, 2.05) is 13.0 Å². The summed E-state index contributed by atoms with van der Waals surface area (Å²) >= 11 is 8.91. The van der Waals surface area contributed by atoms with Crippen LogP contribution in [0.5, 0.6) is 5.75 Å². The highest BCUT2D eigenvalue weighted by molar-refractivity contribution is 9.10. The summed E-state index contributed by atoms with van der Waals surface area (Å²) in [4.78, 5) is 0. The molecule has 0 aliphatic rings. The molecule has 0 saturated heterocycles. The molecule has 2 N–H and O–H groups in total. The zero-order chi connectivity index (χ0) is 14.0. The Morgan fingerprint density at radius 1 is 1.42 bits per heavy atom. The van der Waals surface area contributed by atoms with Crippen molar-refractivity contribution in [2.24, 2.45) is 5.73 Å². The smallest absolute Gasteiger partial charge is 0.146 e. The van der Waals surface area contributed by atoms with Crippen LogP contribution in [0.2, 0.25) is 5.02 Å². The van der Waals surface area contributed by atoms with Crippen LogP contribution in [0.4, 0.5) is 4.39 Å². The second kappa shape index (κ2) is 5.94. The molecule has 3 nitrogen and oxygen atoms in total. The number of aryl methyl sites for hydroxylation is 1. The van der Waals surface area contributed by atoms with Crippen LogP contribution in [0.3, 0.4) is 0 Å². The van der Waals surface area contributed by atoms with Crippen molar-refractivity contribution < 1.29 is 13.5 Å². The second-order valence-corrected chi connectivity index (χ2v) is 5.27. The lowest BCUT2D eigenvalue weighted by Gasteiger charge is -2.07. The van der Waals surface area contributed by atoms with Crippen LogP contribution in [0.1, 0.15) is 17.1 Å². The molecule has 1 aromatic carbocycles. The molecular weight excluding hydrogens is 337 g/mol. The van der Waals surface area contributed by atoms with Crippen molar-refractivity contribution >= 4 is 27.5 Å². The van der Waals surface area contributed by atoms with Gasteiger partial charge in [-0.1, -0.05) is 11.6 Å². The average Bonchev–Trinajstić information content (AvgIpc) is 2.73. The molecule has 0 radical (unpaired) electrons. The van der Waals surface area contributed by atoms with Gasteiger partial charge in [-0.2, -0.15) is 0 Å². The first kappa shape index (κ1) is 14.4. The van der Waals surface area contributed by atoms with E-state index in [0.29, 0.717) is 22.5 Å². The van der Waals surface area contributed by atoms with Gasteiger partial charge in [0.15, 0.2) is 0 Å². The number of hydrogen-bond acceptors (Lipinski definition) is 3. The third-order valence-electron chi connectivity index (χ3n) is 2.60. The first-order valence-corrected chi connectivity index (χ1v) is 6.74. The van der Waals surface area contributed by atoms with Gasteiger partial charge < -0.3 is 14.9 Å². The van der Waals surface area contributed by atoms with Crippen molar-refractivity contribution in [2.45, 2.75) is 20.1 Å². The zero-order valence-corrected chi connectivity index (χ0v) is 12.5. The number of halogens is 3. The van der Waals surface area contributed by atoms with Crippen LogP contribution in [0.25, 0.3) is 0 Å². The van der Waals surface area contributed by atoms with Crippen molar-refractivity contribution in [3.05, 3.63) is 50.6 Å². The molecule has 1 aromatic heterocycles. The van der Waals surface area contributed by atoms with E-state index >= 15 is 0 Å². The minimum Gasteiger partial charge on any atom is -0.484 e. The second-order valence-electron chi connectivity index (χ2n) is 4.01. The highest BCUT2D eigenvalue weighted by atomic mass is 79.9. The molecule has 0 aliphatic carbocycles. The quantitative estimate of drug-likeness (QED) is 0.843. The van der Waals surface area contributed by atoms with Gasteiger partial charge in [-0.15, -0.1) is 0 Å².